The third-order valence-electron chi connectivity index (χ3n) is 6.51. The first kappa shape index (κ1) is 24.5. The number of fused-ring (bicyclic) bond motifs is 2. The van der Waals surface area contributed by atoms with E-state index in [0.29, 0.717) is 49.5 Å². The van der Waals surface area contributed by atoms with Gasteiger partial charge in [0.15, 0.2) is 5.65 Å². The maximum absolute atomic E-state index is 13.4. The SMILES string of the molecule is Cc1ccc(S(=O)(=O)n2ccc3c(N4CCOC5CCN(C(=O)OC(C)(C)C)CC54)ncnc32)cc1. The van der Waals surface area contributed by atoms with E-state index in [4.69, 9.17) is 9.47 Å². The summed E-state index contributed by atoms with van der Waals surface area (Å²) in [7, 11) is -3.83. The third kappa shape index (κ3) is 4.53. The maximum Gasteiger partial charge on any atom is 0.410 e. The van der Waals surface area contributed by atoms with E-state index in [9.17, 15) is 13.2 Å². The number of morpholine rings is 1. The molecule has 0 bridgehead atoms. The molecule has 0 spiro atoms. The molecule has 0 saturated carbocycles. The standard InChI is InChI=1S/C25H31N5O5S/c1-17-5-7-18(8-6-17)36(32,33)30-12-9-19-22(26-16-27-23(19)30)29-13-14-34-21-10-11-28(15-20(21)29)24(31)35-25(2,3)4/h5-9,12,16,20-21H,10-11,13-15H2,1-4H3. The number of ether oxygens (including phenoxy) is 2. The van der Waals surface area contributed by atoms with E-state index in [1.54, 1.807) is 35.2 Å². The van der Waals surface area contributed by atoms with Crippen LogP contribution >= 0.6 is 0 Å². The molecule has 3 aromatic rings. The quantitative estimate of drug-likeness (QED) is 0.526. The fourth-order valence-corrected chi connectivity index (χ4v) is 6.09. The van der Waals surface area contributed by atoms with E-state index in [2.05, 4.69) is 14.9 Å². The Hall–Kier alpha value is -3.18. The van der Waals surface area contributed by atoms with Gasteiger partial charge >= 0.3 is 6.09 Å². The Morgan fingerprint density at radius 2 is 1.86 bits per heavy atom. The molecule has 10 nitrogen and oxygen atoms in total. The van der Waals surface area contributed by atoms with Gasteiger partial charge in [-0.15, -0.1) is 0 Å². The van der Waals surface area contributed by atoms with Gasteiger partial charge in [0.25, 0.3) is 10.0 Å². The van der Waals surface area contributed by atoms with Crippen LogP contribution in [-0.2, 0) is 19.5 Å². The van der Waals surface area contributed by atoms with Crippen molar-refractivity contribution in [2.45, 2.75) is 56.8 Å². The van der Waals surface area contributed by atoms with Gasteiger partial charge in [-0.2, -0.15) is 0 Å². The van der Waals surface area contributed by atoms with Crippen LogP contribution in [0.2, 0.25) is 0 Å². The summed E-state index contributed by atoms with van der Waals surface area (Å²) in [4.78, 5) is 25.6. The number of rotatable bonds is 3. The molecule has 2 aliphatic heterocycles. The van der Waals surface area contributed by atoms with Crippen LogP contribution < -0.4 is 4.90 Å². The molecule has 2 aromatic heterocycles. The Kier molecular flexibility index (Phi) is 6.16. The normalized spacial score (nSPS) is 20.9. The Morgan fingerprint density at radius 3 is 2.58 bits per heavy atom. The zero-order valence-electron chi connectivity index (χ0n) is 20.9. The number of benzene rings is 1. The predicted molar refractivity (Wildman–Crippen MR) is 135 cm³/mol. The average Bonchev–Trinajstić information content (AvgIpc) is 3.28. The monoisotopic (exact) mass is 513 g/mol. The molecule has 0 N–H and O–H groups in total. The number of carbonyl (C=O) groups is 1. The number of hydrogen-bond donors (Lipinski definition) is 0. The van der Waals surface area contributed by atoms with E-state index in [0.717, 1.165) is 5.56 Å². The summed E-state index contributed by atoms with van der Waals surface area (Å²) in [5, 5.41) is 0.628. The molecular formula is C25H31N5O5S. The molecule has 2 saturated heterocycles. The number of aryl methyl sites for hydroxylation is 1. The van der Waals surface area contributed by atoms with Gasteiger partial charge in [-0.05, 0) is 52.3 Å². The first-order chi connectivity index (χ1) is 17.0. The van der Waals surface area contributed by atoms with Gasteiger partial charge in [-0.25, -0.2) is 27.2 Å². The number of hydrogen-bond acceptors (Lipinski definition) is 8. The van der Waals surface area contributed by atoms with Crippen LogP contribution in [0.15, 0.2) is 47.8 Å². The lowest BCUT2D eigenvalue weighted by Gasteiger charge is -2.47. The number of anilines is 1. The molecule has 2 atom stereocenters. The van der Waals surface area contributed by atoms with Gasteiger partial charge in [0.05, 0.1) is 29.0 Å². The number of aromatic nitrogens is 3. The number of amides is 1. The Morgan fingerprint density at radius 1 is 1.11 bits per heavy atom. The van der Waals surface area contributed by atoms with Crippen molar-refractivity contribution in [3.05, 3.63) is 48.4 Å². The Labute approximate surface area is 210 Å². The van der Waals surface area contributed by atoms with Gasteiger partial charge in [0.1, 0.15) is 17.7 Å². The number of likely N-dealkylation sites (tertiary alicyclic amines) is 1. The summed E-state index contributed by atoms with van der Waals surface area (Å²) >= 11 is 0. The minimum Gasteiger partial charge on any atom is -0.444 e. The minimum atomic E-state index is -3.83. The third-order valence-corrected chi connectivity index (χ3v) is 8.19. The second-order valence-electron chi connectivity index (χ2n) is 10.2. The van der Waals surface area contributed by atoms with Crippen LogP contribution in [0.4, 0.5) is 10.6 Å². The molecule has 0 aliphatic carbocycles. The lowest BCUT2D eigenvalue weighted by atomic mass is 9.98. The molecule has 192 valence electrons. The van der Waals surface area contributed by atoms with Crippen molar-refractivity contribution in [2.75, 3.05) is 31.1 Å². The van der Waals surface area contributed by atoms with Crippen molar-refractivity contribution in [3.8, 4) is 0 Å². The smallest absolute Gasteiger partial charge is 0.410 e. The molecule has 36 heavy (non-hydrogen) atoms. The molecule has 2 unspecified atom stereocenters. The van der Waals surface area contributed by atoms with Crippen molar-refractivity contribution in [1.82, 2.24) is 18.8 Å². The topological polar surface area (TPSA) is 107 Å². The van der Waals surface area contributed by atoms with Gasteiger partial charge in [-0.1, -0.05) is 17.7 Å². The summed E-state index contributed by atoms with van der Waals surface area (Å²) in [5.74, 6) is 0.627. The van der Waals surface area contributed by atoms with Crippen molar-refractivity contribution >= 4 is 33.0 Å². The minimum absolute atomic E-state index is 0.0687. The maximum atomic E-state index is 13.4. The van der Waals surface area contributed by atoms with Crippen LogP contribution in [0.25, 0.3) is 11.0 Å². The highest BCUT2D eigenvalue weighted by Gasteiger charge is 2.41. The molecule has 1 amide bonds. The first-order valence-corrected chi connectivity index (χ1v) is 13.5. The number of carbonyl (C=O) groups excluding carboxylic acids is 1. The van der Waals surface area contributed by atoms with E-state index < -0.39 is 15.6 Å². The van der Waals surface area contributed by atoms with Crippen LogP contribution in [0, 0.1) is 6.92 Å². The highest BCUT2D eigenvalue weighted by molar-refractivity contribution is 7.90. The van der Waals surface area contributed by atoms with Gasteiger partial charge in [-0.3, -0.25) is 0 Å². The second kappa shape index (κ2) is 9.04. The van der Waals surface area contributed by atoms with Crippen molar-refractivity contribution in [1.29, 1.82) is 0 Å². The van der Waals surface area contributed by atoms with Crippen molar-refractivity contribution < 1.29 is 22.7 Å². The summed E-state index contributed by atoms with van der Waals surface area (Å²) in [6.45, 7) is 9.50. The largest absolute Gasteiger partial charge is 0.444 e. The van der Waals surface area contributed by atoms with E-state index in [-0.39, 0.29) is 23.1 Å². The van der Waals surface area contributed by atoms with E-state index in [1.165, 1.54) is 16.5 Å². The Balaban J connectivity index is 1.48. The fraction of sp³-hybridized carbons (Fsp3) is 0.480. The van der Waals surface area contributed by atoms with Crippen LogP contribution in [-0.4, -0.2) is 77.3 Å². The van der Waals surface area contributed by atoms with Crippen molar-refractivity contribution in [2.24, 2.45) is 0 Å². The Bertz CT molecular complexity index is 1380. The summed E-state index contributed by atoms with van der Waals surface area (Å²) in [6.07, 6.45) is 3.16. The van der Waals surface area contributed by atoms with Crippen LogP contribution in [0.5, 0.6) is 0 Å². The molecular weight excluding hydrogens is 482 g/mol. The lowest BCUT2D eigenvalue weighted by Crippen LogP contribution is -2.61. The number of nitrogens with zero attached hydrogens (tertiary/aromatic N) is 5. The highest BCUT2D eigenvalue weighted by Crippen LogP contribution is 2.33. The molecule has 1 aromatic carbocycles. The van der Waals surface area contributed by atoms with Crippen molar-refractivity contribution in [3.63, 3.8) is 0 Å². The predicted octanol–water partition coefficient (Wildman–Crippen LogP) is 3.19. The molecule has 11 heteroatoms. The molecule has 2 aliphatic rings. The van der Waals surface area contributed by atoms with E-state index in [1.807, 2.05) is 27.7 Å². The fourth-order valence-electron chi connectivity index (χ4n) is 4.79. The van der Waals surface area contributed by atoms with Gasteiger partial charge < -0.3 is 19.3 Å². The average molecular weight is 514 g/mol. The second-order valence-corrected chi connectivity index (χ2v) is 12.1. The molecule has 5 rings (SSSR count). The lowest BCUT2D eigenvalue weighted by molar-refractivity contribution is -0.0371. The molecule has 0 radical (unpaired) electrons. The van der Waals surface area contributed by atoms with Gasteiger partial charge in [0.2, 0.25) is 0 Å². The summed E-state index contributed by atoms with van der Waals surface area (Å²) < 4.78 is 39.6. The zero-order chi connectivity index (χ0) is 25.7. The van der Waals surface area contributed by atoms with Gasteiger partial charge in [0, 0.05) is 25.8 Å². The molecule has 2 fully saturated rings. The first-order valence-electron chi connectivity index (χ1n) is 12.0. The highest BCUT2D eigenvalue weighted by atomic mass is 32.2. The molecule has 4 heterocycles. The van der Waals surface area contributed by atoms with E-state index >= 15 is 0 Å². The summed E-state index contributed by atoms with van der Waals surface area (Å²) in [5.41, 5.74) is 0.704. The zero-order valence-corrected chi connectivity index (χ0v) is 21.7. The van der Waals surface area contributed by atoms with Crippen LogP contribution in [0.3, 0.4) is 0 Å². The summed E-state index contributed by atoms with van der Waals surface area (Å²) in [6, 6.07) is 8.32. The van der Waals surface area contributed by atoms with Crippen LogP contribution in [0.1, 0.15) is 32.8 Å². The number of piperidine rings is 1.